The molecule has 0 bridgehead atoms. The fourth-order valence-electron chi connectivity index (χ4n) is 4.25. The smallest absolute Gasteiger partial charge is 0.250 e. The average Bonchev–Trinajstić information content (AvgIpc) is 3.73. The predicted octanol–water partition coefficient (Wildman–Crippen LogP) is 4.09. The maximum Gasteiger partial charge on any atom is 0.250 e. The lowest BCUT2D eigenvalue weighted by molar-refractivity contribution is -0.137. The Kier molecular flexibility index (Phi) is 5.51. The van der Waals surface area contributed by atoms with Crippen LogP contribution in [0.4, 0.5) is 0 Å². The molecule has 0 radical (unpaired) electrons. The van der Waals surface area contributed by atoms with Crippen molar-refractivity contribution in [3.8, 4) is 11.4 Å². The number of rotatable bonds is 9. The normalized spacial score (nSPS) is 17.8. The molecule has 0 saturated heterocycles. The summed E-state index contributed by atoms with van der Waals surface area (Å²) in [7, 11) is 0. The molecule has 2 saturated carbocycles. The van der Waals surface area contributed by atoms with Gasteiger partial charge in [-0.25, -0.2) is 0 Å². The van der Waals surface area contributed by atoms with E-state index in [-0.39, 0.29) is 17.4 Å². The molecule has 166 valence electrons. The Morgan fingerprint density at radius 3 is 2.59 bits per heavy atom. The first-order chi connectivity index (χ1) is 15.5. The Bertz CT molecular complexity index is 1070. The minimum absolute atomic E-state index is 0.0434. The highest BCUT2D eigenvalue weighted by atomic mass is 16.5. The molecule has 5 rings (SSSR count). The van der Waals surface area contributed by atoms with E-state index in [0.717, 1.165) is 29.5 Å². The summed E-state index contributed by atoms with van der Waals surface area (Å²) < 4.78 is 6.15. The Hall–Kier alpha value is -3.06. The van der Waals surface area contributed by atoms with Crippen molar-refractivity contribution < 1.29 is 9.53 Å². The number of nitrogens with one attached hydrogen (secondary N) is 2. The van der Waals surface area contributed by atoms with Crippen LogP contribution in [0.15, 0.2) is 48.5 Å². The van der Waals surface area contributed by atoms with Crippen LogP contribution in [0.1, 0.15) is 62.1 Å². The summed E-state index contributed by atoms with van der Waals surface area (Å²) in [4.78, 5) is 13.2. The van der Waals surface area contributed by atoms with Crippen molar-refractivity contribution in [2.24, 2.45) is 5.92 Å². The molecule has 1 heterocycles. The van der Waals surface area contributed by atoms with E-state index in [1.165, 1.54) is 18.4 Å². The van der Waals surface area contributed by atoms with E-state index in [9.17, 15) is 4.79 Å². The molecule has 3 aromatic rings. The van der Waals surface area contributed by atoms with Crippen molar-refractivity contribution in [3.63, 3.8) is 0 Å². The lowest BCUT2D eigenvalue weighted by Gasteiger charge is -2.25. The molecule has 2 N–H and O–H groups in total. The number of H-pyrrole nitrogens is 1. The third-order valence-corrected chi connectivity index (χ3v) is 6.45. The van der Waals surface area contributed by atoms with Crippen LogP contribution < -0.4 is 5.32 Å². The molecule has 0 spiro atoms. The van der Waals surface area contributed by atoms with Crippen LogP contribution >= 0.6 is 0 Å². The van der Waals surface area contributed by atoms with Gasteiger partial charge < -0.3 is 10.1 Å². The van der Waals surface area contributed by atoms with Gasteiger partial charge in [0.15, 0.2) is 0 Å². The number of amides is 1. The van der Waals surface area contributed by atoms with Gasteiger partial charge in [-0.1, -0.05) is 62.4 Å². The van der Waals surface area contributed by atoms with Crippen LogP contribution in [0.5, 0.6) is 0 Å². The molecule has 0 aliphatic heterocycles. The lowest BCUT2D eigenvalue weighted by Crippen LogP contribution is -2.44. The number of hydrogen-bond acceptors (Lipinski definition) is 5. The number of benzene rings is 2. The zero-order valence-corrected chi connectivity index (χ0v) is 18.5. The maximum atomic E-state index is 13.2. The van der Waals surface area contributed by atoms with E-state index in [4.69, 9.17) is 4.74 Å². The number of aromatic nitrogens is 4. The SMILES string of the molecule is CC(C)[C@@H](OCc1cccc(C2CC2)c1)C(=O)NC1(c2ccc(-c3nn[nH]n3)cc2)CC1. The molecule has 0 unspecified atom stereocenters. The Balaban J connectivity index is 1.24. The molecule has 2 aliphatic rings. The second-order valence-electron chi connectivity index (χ2n) is 9.38. The van der Waals surface area contributed by atoms with E-state index in [0.29, 0.717) is 18.3 Å². The minimum atomic E-state index is -0.490. The highest BCUT2D eigenvalue weighted by Gasteiger charge is 2.46. The predicted molar refractivity (Wildman–Crippen MR) is 121 cm³/mol. The van der Waals surface area contributed by atoms with Gasteiger partial charge in [-0.05, 0) is 59.4 Å². The molecular formula is C25H29N5O2. The van der Waals surface area contributed by atoms with Crippen LogP contribution in [-0.4, -0.2) is 32.6 Å². The number of tetrazole rings is 1. The van der Waals surface area contributed by atoms with E-state index in [2.05, 4.69) is 50.2 Å². The first kappa shape index (κ1) is 20.8. The third-order valence-electron chi connectivity index (χ3n) is 6.45. The number of hydrogen-bond donors (Lipinski definition) is 2. The number of carbonyl (C=O) groups excluding carboxylic acids is 1. The molecule has 1 atom stereocenters. The van der Waals surface area contributed by atoms with Gasteiger partial charge >= 0.3 is 0 Å². The lowest BCUT2D eigenvalue weighted by atomic mass is 10.0. The van der Waals surface area contributed by atoms with Crippen LogP contribution in [0.25, 0.3) is 11.4 Å². The zero-order chi connectivity index (χ0) is 22.1. The van der Waals surface area contributed by atoms with Gasteiger partial charge in [0.2, 0.25) is 11.7 Å². The van der Waals surface area contributed by atoms with Crippen molar-refractivity contribution in [2.45, 2.75) is 63.7 Å². The van der Waals surface area contributed by atoms with Crippen LogP contribution in [0.3, 0.4) is 0 Å². The summed E-state index contributed by atoms with van der Waals surface area (Å²) in [5.74, 6) is 1.31. The summed E-state index contributed by atoms with van der Waals surface area (Å²) in [6.45, 7) is 4.51. The zero-order valence-electron chi connectivity index (χ0n) is 18.5. The van der Waals surface area contributed by atoms with Gasteiger partial charge in [0.05, 0.1) is 12.1 Å². The van der Waals surface area contributed by atoms with Crippen molar-refractivity contribution >= 4 is 5.91 Å². The molecule has 32 heavy (non-hydrogen) atoms. The summed E-state index contributed by atoms with van der Waals surface area (Å²) in [6.07, 6.45) is 3.91. The van der Waals surface area contributed by atoms with Crippen LogP contribution in [0, 0.1) is 5.92 Å². The quantitative estimate of drug-likeness (QED) is 0.532. The fourth-order valence-corrected chi connectivity index (χ4v) is 4.25. The molecule has 2 aliphatic carbocycles. The number of aromatic amines is 1. The van der Waals surface area contributed by atoms with Gasteiger partial charge in [-0.3, -0.25) is 4.79 Å². The summed E-state index contributed by atoms with van der Waals surface area (Å²) in [5, 5.41) is 17.4. The monoisotopic (exact) mass is 431 g/mol. The van der Waals surface area contributed by atoms with E-state index in [1.807, 2.05) is 38.1 Å². The molecular weight excluding hydrogens is 402 g/mol. The first-order valence-corrected chi connectivity index (χ1v) is 11.4. The Morgan fingerprint density at radius 1 is 1.19 bits per heavy atom. The molecule has 2 aromatic carbocycles. The van der Waals surface area contributed by atoms with Crippen LogP contribution in [-0.2, 0) is 21.7 Å². The van der Waals surface area contributed by atoms with Crippen molar-refractivity contribution in [1.29, 1.82) is 0 Å². The summed E-state index contributed by atoms with van der Waals surface area (Å²) in [5.41, 5.74) is 4.19. The molecule has 7 nitrogen and oxygen atoms in total. The molecule has 7 heteroatoms. The van der Waals surface area contributed by atoms with E-state index < -0.39 is 6.10 Å². The average molecular weight is 432 g/mol. The molecule has 1 aromatic heterocycles. The fraction of sp³-hybridized carbons (Fsp3) is 0.440. The Morgan fingerprint density at radius 2 is 1.97 bits per heavy atom. The molecule has 1 amide bonds. The highest BCUT2D eigenvalue weighted by molar-refractivity contribution is 5.82. The minimum Gasteiger partial charge on any atom is -0.363 e. The number of ether oxygens (including phenoxy) is 1. The van der Waals surface area contributed by atoms with Crippen molar-refractivity contribution in [2.75, 3.05) is 0 Å². The first-order valence-electron chi connectivity index (χ1n) is 11.4. The van der Waals surface area contributed by atoms with Gasteiger partial charge in [0, 0.05) is 5.56 Å². The van der Waals surface area contributed by atoms with Gasteiger partial charge in [0.1, 0.15) is 6.10 Å². The Labute approximate surface area is 188 Å². The van der Waals surface area contributed by atoms with Gasteiger partial charge in [-0.15, -0.1) is 10.2 Å². The largest absolute Gasteiger partial charge is 0.363 e. The topological polar surface area (TPSA) is 92.8 Å². The number of nitrogens with zero attached hydrogens (tertiary/aromatic N) is 3. The summed E-state index contributed by atoms with van der Waals surface area (Å²) >= 11 is 0. The van der Waals surface area contributed by atoms with Crippen molar-refractivity contribution in [3.05, 3.63) is 65.2 Å². The number of carbonyl (C=O) groups is 1. The van der Waals surface area contributed by atoms with E-state index >= 15 is 0 Å². The molecule has 2 fully saturated rings. The highest BCUT2D eigenvalue weighted by Crippen LogP contribution is 2.46. The van der Waals surface area contributed by atoms with Crippen LogP contribution in [0.2, 0.25) is 0 Å². The third kappa shape index (κ3) is 4.43. The maximum absolute atomic E-state index is 13.2. The van der Waals surface area contributed by atoms with E-state index in [1.54, 1.807) is 0 Å². The van der Waals surface area contributed by atoms with Crippen molar-refractivity contribution in [1.82, 2.24) is 25.9 Å². The van der Waals surface area contributed by atoms with Gasteiger partial charge in [-0.2, -0.15) is 5.21 Å². The second kappa shape index (κ2) is 8.47. The second-order valence-corrected chi connectivity index (χ2v) is 9.38. The standard InChI is InChI=1S/C25H29N5O2/c1-16(2)22(32-15-17-4-3-5-20(14-17)18-6-7-18)24(31)26-25(12-13-25)21-10-8-19(9-11-21)23-27-29-30-28-23/h3-5,8-11,14,16,18,22H,6-7,12-13,15H2,1-2H3,(H,26,31)(H,27,28,29,30)/t22-/m1/s1. The van der Waals surface area contributed by atoms with Gasteiger partial charge in [0.25, 0.3) is 0 Å². The summed E-state index contributed by atoms with van der Waals surface area (Å²) in [6, 6.07) is 16.6.